The molecule has 1 aliphatic carbocycles. The number of nitrogens with zero attached hydrogens (tertiary/aromatic N) is 2. The van der Waals surface area contributed by atoms with E-state index < -0.39 is 41.8 Å². The van der Waals surface area contributed by atoms with Gasteiger partial charge in [0.1, 0.15) is 0 Å². The lowest BCUT2D eigenvalue weighted by Crippen LogP contribution is -2.48. The van der Waals surface area contributed by atoms with Gasteiger partial charge in [-0.3, -0.25) is 9.59 Å². The van der Waals surface area contributed by atoms with Crippen LogP contribution < -0.4 is 10.6 Å². The van der Waals surface area contributed by atoms with Crippen LogP contribution in [0.5, 0.6) is 0 Å². The van der Waals surface area contributed by atoms with Crippen molar-refractivity contribution in [1.29, 1.82) is 0 Å². The van der Waals surface area contributed by atoms with E-state index in [1.807, 2.05) is 12.1 Å². The summed E-state index contributed by atoms with van der Waals surface area (Å²) in [5.74, 6) is -1.50. The molecule has 0 bridgehead atoms. The van der Waals surface area contributed by atoms with Crippen LogP contribution in [0, 0.1) is 5.92 Å². The molecule has 1 fully saturated rings. The Kier molecular flexibility index (Phi) is 9.14. The first-order chi connectivity index (χ1) is 21.2. The van der Waals surface area contributed by atoms with Crippen molar-refractivity contribution in [3.63, 3.8) is 0 Å². The Labute approximate surface area is 260 Å². The van der Waals surface area contributed by atoms with E-state index in [1.165, 1.54) is 18.1 Å². The molecule has 0 radical (unpaired) electrons. The number of carbonyl (C=O) groups is 2. The van der Waals surface area contributed by atoms with Crippen LogP contribution in [-0.2, 0) is 33.9 Å². The standard InChI is InChI=1S/C32H32F6N4O2S/c1-19-17-42(12-10-30(19)9-7-22-5-3-4-6-26(22)30)11-8-25(27-18-45-29(41-27)40-20(2)43)28(44)39-16-21-13-23(31(33,34)35)15-24(14-21)32(36,37)38/h3-7,9,13-15,18-19,25H,8,10-12,16-17H2,1-2H3,(H,39,44)(H,40,41,43)/t19-,25-,30-/m0/s1. The van der Waals surface area contributed by atoms with Crippen LogP contribution in [0.1, 0.15) is 66.1 Å². The first kappa shape index (κ1) is 32.7. The van der Waals surface area contributed by atoms with Crippen molar-refractivity contribution in [2.24, 2.45) is 5.92 Å². The van der Waals surface area contributed by atoms with Gasteiger partial charge in [-0.15, -0.1) is 11.3 Å². The molecule has 1 spiro atoms. The number of piperidine rings is 1. The van der Waals surface area contributed by atoms with Crippen LogP contribution in [0.15, 0.2) is 53.9 Å². The summed E-state index contributed by atoms with van der Waals surface area (Å²) in [5, 5.41) is 7.00. The van der Waals surface area contributed by atoms with Gasteiger partial charge >= 0.3 is 12.4 Å². The summed E-state index contributed by atoms with van der Waals surface area (Å²) in [4.78, 5) is 31.7. The van der Waals surface area contributed by atoms with Gasteiger partial charge in [-0.1, -0.05) is 43.3 Å². The summed E-state index contributed by atoms with van der Waals surface area (Å²) >= 11 is 1.12. The number of thiazole rings is 1. The molecule has 3 aromatic rings. The predicted octanol–water partition coefficient (Wildman–Crippen LogP) is 7.24. The zero-order valence-electron chi connectivity index (χ0n) is 24.6. The number of aromatic nitrogens is 1. The minimum atomic E-state index is -5.00. The molecule has 1 aromatic heterocycles. The first-order valence-corrected chi connectivity index (χ1v) is 15.3. The second-order valence-electron chi connectivity index (χ2n) is 11.6. The summed E-state index contributed by atoms with van der Waals surface area (Å²) in [6.07, 6.45) is -4.35. The molecule has 2 amide bonds. The SMILES string of the molecule is CC(=O)Nc1nc([C@H](CCN2CC[C@@]3(C=Cc4ccccc43)[C@@H](C)C2)C(=O)NCc2cc(C(F)(F)F)cc(C(F)(F)F)c2)cs1. The van der Waals surface area contributed by atoms with Crippen molar-refractivity contribution >= 4 is 34.4 Å². The topological polar surface area (TPSA) is 74.3 Å². The highest BCUT2D eigenvalue weighted by atomic mass is 32.1. The van der Waals surface area contributed by atoms with E-state index >= 15 is 0 Å². The summed E-state index contributed by atoms with van der Waals surface area (Å²) < 4.78 is 80.1. The van der Waals surface area contributed by atoms with Gasteiger partial charge in [0.15, 0.2) is 5.13 Å². The highest BCUT2D eigenvalue weighted by molar-refractivity contribution is 7.14. The number of likely N-dealkylation sites (tertiary alicyclic amines) is 1. The highest BCUT2D eigenvalue weighted by Gasteiger charge is 2.43. The van der Waals surface area contributed by atoms with Gasteiger partial charge in [-0.2, -0.15) is 26.3 Å². The van der Waals surface area contributed by atoms with Crippen molar-refractivity contribution < 1.29 is 35.9 Å². The van der Waals surface area contributed by atoms with Crippen molar-refractivity contribution in [3.8, 4) is 0 Å². The van der Waals surface area contributed by atoms with E-state index in [2.05, 4.69) is 51.7 Å². The van der Waals surface area contributed by atoms with E-state index in [0.717, 1.165) is 30.8 Å². The molecule has 2 heterocycles. The number of amides is 2. The monoisotopic (exact) mass is 650 g/mol. The largest absolute Gasteiger partial charge is 0.416 e. The van der Waals surface area contributed by atoms with Crippen LogP contribution >= 0.6 is 11.3 Å². The molecule has 2 aromatic carbocycles. The summed E-state index contributed by atoms with van der Waals surface area (Å²) in [6.45, 7) is 5.03. The number of carbonyl (C=O) groups excluding carboxylic acids is 2. The normalized spacial score (nSPS) is 20.7. The summed E-state index contributed by atoms with van der Waals surface area (Å²) in [5.41, 5.74) is -0.408. The molecule has 5 rings (SSSR count). The third kappa shape index (κ3) is 7.25. The number of hydrogen-bond donors (Lipinski definition) is 2. The molecule has 6 nitrogen and oxygen atoms in total. The van der Waals surface area contributed by atoms with Crippen molar-refractivity contribution in [1.82, 2.24) is 15.2 Å². The number of halogens is 6. The van der Waals surface area contributed by atoms with Gasteiger partial charge in [0.2, 0.25) is 11.8 Å². The second kappa shape index (κ2) is 12.6. The fourth-order valence-corrected chi connectivity index (χ4v) is 7.10. The van der Waals surface area contributed by atoms with Crippen LogP contribution in [0.4, 0.5) is 31.5 Å². The molecule has 2 aliphatic rings. The molecule has 240 valence electrons. The number of fused-ring (bicyclic) bond motifs is 2. The Hall–Kier alpha value is -3.71. The van der Waals surface area contributed by atoms with E-state index in [9.17, 15) is 35.9 Å². The number of rotatable bonds is 8. The summed E-state index contributed by atoms with van der Waals surface area (Å²) in [6, 6.07) is 9.59. The maximum Gasteiger partial charge on any atom is 0.416 e. The molecular formula is C32H32F6N4O2S. The third-order valence-electron chi connectivity index (χ3n) is 8.60. The number of benzene rings is 2. The van der Waals surface area contributed by atoms with Crippen LogP contribution in [0.2, 0.25) is 0 Å². The summed E-state index contributed by atoms with van der Waals surface area (Å²) in [7, 11) is 0. The first-order valence-electron chi connectivity index (χ1n) is 14.5. The van der Waals surface area contributed by atoms with Crippen molar-refractivity contribution in [3.05, 3.63) is 87.4 Å². The Bertz CT molecular complexity index is 1570. The van der Waals surface area contributed by atoms with E-state index in [-0.39, 0.29) is 34.0 Å². The van der Waals surface area contributed by atoms with Gasteiger partial charge in [0.05, 0.1) is 22.7 Å². The number of hydrogen-bond acceptors (Lipinski definition) is 5. The minimum absolute atomic E-state index is 0.0522. The van der Waals surface area contributed by atoms with E-state index in [4.69, 9.17) is 0 Å². The molecule has 0 unspecified atom stereocenters. The average molecular weight is 651 g/mol. The maximum atomic E-state index is 13.5. The number of nitrogens with one attached hydrogen (secondary N) is 2. The highest BCUT2D eigenvalue weighted by Crippen LogP contribution is 2.47. The predicted molar refractivity (Wildman–Crippen MR) is 159 cm³/mol. The van der Waals surface area contributed by atoms with E-state index in [0.29, 0.717) is 30.8 Å². The number of allylic oxidation sites excluding steroid dienone is 1. The smallest absolute Gasteiger partial charge is 0.351 e. The van der Waals surface area contributed by atoms with Crippen LogP contribution in [0.3, 0.4) is 0 Å². The Morgan fingerprint density at radius 2 is 1.78 bits per heavy atom. The molecule has 1 saturated heterocycles. The van der Waals surface area contributed by atoms with Gasteiger partial charge in [0, 0.05) is 30.8 Å². The maximum absolute atomic E-state index is 13.5. The van der Waals surface area contributed by atoms with Gasteiger partial charge in [-0.25, -0.2) is 4.98 Å². The minimum Gasteiger partial charge on any atom is -0.351 e. The van der Waals surface area contributed by atoms with Gasteiger partial charge < -0.3 is 15.5 Å². The zero-order chi connectivity index (χ0) is 32.6. The lowest BCUT2D eigenvalue weighted by molar-refractivity contribution is -0.143. The lowest BCUT2D eigenvalue weighted by atomic mass is 9.68. The number of alkyl halides is 6. The van der Waals surface area contributed by atoms with E-state index in [1.54, 1.807) is 5.38 Å². The molecule has 3 atom stereocenters. The Balaban J connectivity index is 1.31. The molecule has 0 saturated carbocycles. The average Bonchev–Trinajstić information content (AvgIpc) is 3.58. The van der Waals surface area contributed by atoms with Crippen molar-refractivity contribution in [2.45, 2.75) is 56.9 Å². The fourth-order valence-electron chi connectivity index (χ4n) is 6.29. The second-order valence-corrected chi connectivity index (χ2v) is 12.5. The van der Waals surface area contributed by atoms with Crippen LogP contribution in [0.25, 0.3) is 6.08 Å². The van der Waals surface area contributed by atoms with Gasteiger partial charge in [0.25, 0.3) is 0 Å². The lowest BCUT2D eigenvalue weighted by Gasteiger charge is -2.44. The van der Waals surface area contributed by atoms with Crippen molar-refractivity contribution in [2.75, 3.05) is 25.0 Å². The molecule has 2 N–H and O–H groups in total. The Morgan fingerprint density at radius 1 is 1.09 bits per heavy atom. The quantitative estimate of drug-likeness (QED) is 0.252. The Morgan fingerprint density at radius 3 is 2.42 bits per heavy atom. The number of anilines is 1. The molecule has 1 aliphatic heterocycles. The molecule has 13 heteroatoms. The van der Waals surface area contributed by atoms with Crippen LogP contribution in [-0.4, -0.2) is 41.3 Å². The third-order valence-corrected chi connectivity index (χ3v) is 9.38. The zero-order valence-corrected chi connectivity index (χ0v) is 25.4. The fraction of sp³-hybridized carbons (Fsp3) is 0.406. The molecular weight excluding hydrogens is 618 g/mol. The van der Waals surface area contributed by atoms with Gasteiger partial charge in [-0.05, 0) is 66.7 Å². The molecule has 45 heavy (non-hydrogen) atoms.